The van der Waals surface area contributed by atoms with E-state index in [9.17, 15) is 24.3 Å². The Morgan fingerprint density at radius 3 is 2.51 bits per heavy atom. The van der Waals surface area contributed by atoms with Gasteiger partial charge in [0, 0.05) is 37.0 Å². The molecule has 0 radical (unpaired) electrons. The van der Waals surface area contributed by atoms with Crippen molar-refractivity contribution in [3.05, 3.63) is 47.8 Å². The normalized spacial score (nSPS) is 33.2. The molecule has 14 nitrogen and oxygen atoms in total. The van der Waals surface area contributed by atoms with Crippen molar-refractivity contribution in [2.75, 3.05) is 7.11 Å². The number of carbonyl (C=O) groups excluding carboxylic acids is 4. The van der Waals surface area contributed by atoms with E-state index in [4.69, 9.17) is 29.4 Å². The Bertz CT molecular complexity index is 1300. The number of fused-ring (bicyclic) bond motifs is 1. The minimum absolute atomic E-state index is 0.155. The number of esters is 2. The largest absolute Gasteiger partial charge is 0.456 e. The molecular formula is C31H44N4O10. The fourth-order valence-electron chi connectivity index (χ4n) is 6.58. The first-order valence-corrected chi connectivity index (χ1v) is 15.1. The van der Waals surface area contributed by atoms with Crippen LogP contribution in [-0.2, 0) is 28.5 Å². The Morgan fingerprint density at radius 1 is 1.16 bits per heavy atom. The van der Waals surface area contributed by atoms with Crippen LogP contribution in [0.5, 0.6) is 0 Å². The van der Waals surface area contributed by atoms with Crippen molar-refractivity contribution >= 4 is 24.1 Å². The topological polar surface area (TPSA) is 201 Å². The van der Waals surface area contributed by atoms with E-state index in [-0.39, 0.29) is 24.0 Å². The number of carbonyl (C=O) groups is 4. The summed E-state index contributed by atoms with van der Waals surface area (Å²) >= 11 is 0. The molecule has 6 N–H and O–H groups in total. The van der Waals surface area contributed by atoms with E-state index in [0.29, 0.717) is 6.42 Å². The maximum atomic E-state index is 13.4. The number of aliphatic hydroxyl groups is 1. The van der Waals surface area contributed by atoms with Gasteiger partial charge in [-0.15, -0.1) is 0 Å². The van der Waals surface area contributed by atoms with E-state index in [2.05, 4.69) is 4.98 Å². The first kappa shape index (κ1) is 34.0. The minimum atomic E-state index is -0.987. The molecule has 1 aromatic rings. The van der Waals surface area contributed by atoms with Gasteiger partial charge in [-0.3, -0.25) is 0 Å². The van der Waals surface area contributed by atoms with Crippen molar-refractivity contribution in [3.63, 3.8) is 0 Å². The smallest absolute Gasteiger partial charge is 0.426 e. The van der Waals surface area contributed by atoms with Crippen molar-refractivity contribution in [2.45, 2.75) is 89.7 Å². The monoisotopic (exact) mass is 632 g/mol. The second-order valence-corrected chi connectivity index (χ2v) is 12.2. The summed E-state index contributed by atoms with van der Waals surface area (Å²) in [6.45, 7) is 8.80. The molecule has 0 unspecified atom stereocenters. The van der Waals surface area contributed by atoms with Crippen LogP contribution in [0.15, 0.2) is 42.1 Å². The Morgan fingerprint density at radius 2 is 1.89 bits per heavy atom. The third-order valence-electron chi connectivity index (χ3n) is 9.17. The van der Waals surface area contributed by atoms with Crippen molar-refractivity contribution in [1.29, 1.82) is 0 Å². The number of cyclic esters (lactones) is 1. The highest BCUT2D eigenvalue weighted by Gasteiger charge is 2.57. The van der Waals surface area contributed by atoms with Gasteiger partial charge < -0.3 is 39.5 Å². The maximum absolute atomic E-state index is 13.4. The van der Waals surface area contributed by atoms with Crippen LogP contribution in [0.3, 0.4) is 0 Å². The summed E-state index contributed by atoms with van der Waals surface area (Å²) < 4.78 is 29.8. The molecule has 1 aliphatic carbocycles. The summed E-state index contributed by atoms with van der Waals surface area (Å²) in [6, 6.07) is 2.34. The third-order valence-corrected chi connectivity index (χ3v) is 9.17. The van der Waals surface area contributed by atoms with E-state index in [1.807, 2.05) is 49.9 Å². The number of aromatic nitrogens is 1. The minimum Gasteiger partial charge on any atom is -0.456 e. The average Bonchev–Trinajstić information content (AvgIpc) is 3.64. The van der Waals surface area contributed by atoms with Gasteiger partial charge in [0.15, 0.2) is 6.10 Å². The van der Waals surface area contributed by atoms with Crippen LogP contribution in [0.2, 0.25) is 0 Å². The standard InChI is InChI=1S/C31H44N4O10/c1-15-12-16(2)31-14-20(26(45-31)25(17(3)18(4)36)44-27(37)22-8-7-11-33-22)9-10-21(31)13-23(41-6)28(38)43-24(15)19(5)42-30(40)35-34-29(32)39/h7-12,15,17-21,23-26,33,36H,13-14H2,1-6H3,(H,35,40)(H3,32,34,39)/b16-12+/t15-,17-,18+,19-,20-,21-,23+,24+,25-,26-,31+/m1/s1. The van der Waals surface area contributed by atoms with Crippen molar-refractivity contribution in [3.8, 4) is 0 Å². The van der Waals surface area contributed by atoms with E-state index in [1.165, 1.54) is 7.11 Å². The highest BCUT2D eigenvalue weighted by atomic mass is 16.6. The van der Waals surface area contributed by atoms with Crippen LogP contribution in [0.1, 0.15) is 57.9 Å². The number of urea groups is 1. The summed E-state index contributed by atoms with van der Waals surface area (Å²) in [6.07, 6.45) is 2.41. The number of H-pyrrole nitrogens is 1. The number of aromatic amines is 1. The lowest BCUT2D eigenvalue weighted by atomic mass is 9.69. The number of hydrogen-bond donors (Lipinski definition) is 5. The molecule has 45 heavy (non-hydrogen) atoms. The second-order valence-electron chi connectivity index (χ2n) is 12.2. The van der Waals surface area contributed by atoms with E-state index in [0.717, 1.165) is 5.57 Å². The van der Waals surface area contributed by atoms with Crippen LogP contribution in [-0.4, -0.2) is 83.5 Å². The quantitative estimate of drug-likeness (QED) is 0.123. The zero-order chi connectivity index (χ0) is 33.1. The van der Waals surface area contributed by atoms with Gasteiger partial charge in [0.1, 0.15) is 30.1 Å². The molecule has 14 heteroatoms. The highest BCUT2D eigenvalue weighted by Crippen LogP contribution is 2.53. The number of ether oxygens (including phenoxy) is 5. The number of rotatable bonds is 8. The van der Waals surface area contributed by atoms with Gasteiger partial charge in [-0.1, -0.05) is 32.1 Å². The molecule has 248 valence electrons. The zero-order valence-corrected chi connectivity index (χ0v) is 26.4. The van der Waals surface area contributed by atoms with Gasteiger partial charge in [-0.2, -0.15) is 0 Å². The third kappa shape index (κ3) is 7.34. The van der Waals surface area contributed by atoms with Crippen molar-refractivity contribution in [1.82, 2.24) is 15.8 Å². The van der Waals surface area contributed by atoms with Crippen LogP contribution in [0, 0.1) is 23.7 Å². The Balaban J connectivity index is 1.67. The van der Waals surface area contributed by atoms with E-state index < -0.39 is 78.1 Å². The fraction of sp³-hybridized carbons (Fsp3) is 0.613. The Labute approximate surface area is 262 Å². The molecule has 3 aliphatic rings. The van der Waals surface area contributed by atoms with Crippen molar-refractivity contribution in [2.24, 2.45) is 29.4 Å². The average molecular weight is 633 g/mol. The van der Waals surface area contributed by atoms with Crippen LogP contribution < -0.4 is 16.6 Å². The molecule has 4 rings (SSSR count). The predicted octanol–water partition coefficient (Wildman–Crippen LogP) is 2.50. The van der Waals surface area contributed by atoms with E-state index in [1.54, 1.807) is 32.2 Å². The molecular weight excluding hydrogens is 588 g/mol. The zero-order valence-electron chi connectivity index (χ0n) is 26.4. The number of methoxy groups -OCH3 is 1. The molecule has 2 bridgehead atoms. The molecule has 1 aromatic heterocycles. The molecule has 11 atom stereocenters. The molecule has 2 aliphatic heterocycles. The van der Waals surface area contributed by atoms with Crippen LogP contribution >= 0.6 is 0 Å². The van der Waals surface area contributed by atoms with Gasteiger partial charge in [-0.05, 0) is 51.3 Å². The van der Waals surface area contributed by atoms with Gasteiger partial charge in [0.2, 0.25) is 0 Å². The van der Waals surface area contributed by atoms with Crippen LogP contribution in [0.4, 0.5) is 9.59 Å². The Hall–Kier alpha value is -3.88. The second kappa shape index (κ2) is 14.0. The summed E-state index contributed by atoms with van der Waals surface area (Å²) in [7, 11) is 1.42. The van der Waals surface area contributed by atoms with Gasteiger partial charge >= 0.3 is 24.1 Å². The predicted molar refractivity (Wildman–Crippen MR) is 159 cm³/mol. The molecule has 0 saturated carbocycles. The highest BCUT2D eigenvalue weighted by molar-refractivity contribution is 5.87. The van der Waals surface area contributed by atoms with Crippen LogP contribution in [0.25, 0.3) is 0 Å². The molecule has 1 fully saturated rings. The summed E-state index contributed by atoms with van der Waals surface area (Å²) in [5.41, 5.74) is 9.21. The number of nitrogens with one attached hydrogen (secondary N) is 3. The summed E-state index contributed by atoms with van der Waals surface area (Å²) in [5, 5.41) is 10.6. The number of aliphatic hydroxyl groups excluding tert-OH is 1. The number of nitrogens with two attached hydrogens (primary N) is 1. The van der Waals surface area contributed by atoms with Crippen molar-refractivity contribution < 1.29 is 48.0 Å². The molecule has 1 saturated heterocycles. The number of hydrogen-bond acceptors (Lipinski definition) is 10. The van der Waals surface area contributed by atoms with Gasteiger partial charge in [0.25, 0.3) is 0 Å². The number of amides is 3. The lowest BCUT2D eigenvalue weighted by molar-refractivity contribution is -0.172. The summed E-state index contributed by atoms with van der Waals surface area (Å²) in [4.78, 5) is 52.5. The summed E-state index contributed by atoms with van der Waals surface area (Å²) in [5.74, 6) is -2.55. The molecule has 3 amide bonds. The SMILES string of the molecule is CO[C@H]1C[C@H]2C=C[C@@H]3C[C@]2(O[C@H]3[C@H](OC(=O)c2ccc[nH]2)[C@H](C)[C@H](C)O)/C(C)=C/[C@@H](C)[C@@H]([C@@H](C)OC(=O)NNC(N)=O)OC1=O. The van der Waals surface area contributed by atoms with Gasteiger partial charge in [0.05, 0.1) is 11.7 Å². The fourth-order valence-corrected chi connectivity index (χ4v) is 6.58. The Kier molecular flexibility index (Phi) is 10.6. The molecule has 1 spiro atoms. The lowest BCUT2D eigenvalue weighted by Crippen LogP contribution is -2.49. The lowest BCUT2D eigenvalue weighted by Gasteiger charge is -2.41. The maximum Gasteiger partial charge on any atom is 0.426 e. The molecule has 0 aromatic carbocycles. The molecule has 3 heterocycles. The van der Waals surface area contributed by atoms with E-state index >= 15 is 0 Å². The number of hydrazine groups is 1. The first-order chi connectivity index (χ1) is 21.3. The first-order valence-electron chi connectivity index (χ1n) is 15.1. The van der Waals surface area contributed by atoms with Gasteiger partial charge in [-0.25, -0.2) is 30.0 Å². The number of primary amides is 1.